The van der Waals surface area contributed by atoms with E-state index >= 15 is 0 Å². The standard InChI is InChI=1S/C23H29ClN6O2.C2HF3O2/c1-16(2)13-30(22-20(24)12-26-21(11-25)27-22)28-23(32)19-5-3-17(4-6-19)14-29-9-7-18(15-31)8-10-29;3-2(4,5)1(6)7/h3-6,12,16,18,31H,7-10,13-15H2,1-2H3,(H,28,32);(H,6,7). The number of carbonyl (C=O) groups excluding carboxylic acids is 1. The summed E-state index contributed by atoms with van der Waals surface area (Å²) in [6.07, 6.45) is -1.69. The molecule has 1 amide bonds. The minimum absolute atomic E-state index is 0.0141. The molecule has 0 spiro atoms. The average Bonchev–Trinajstić information content (AvgIpc) is 2.89. The molecule has 39 heavy (non-hydrogen) atoms. The lowest BCUT2D eigenvalue weighted by molar-refractivity contribution is -0.192. The van der Waals surface area contributed by atoms with Gasteiger partial charge in [0.1, 0.15) is 11.1 Å². The van der Waals surface area contributed by atoms with Crippen LogP contribution in [0.3, 0.4) is 0 Å². The fourth-order valence-electron chi connectivity index (χ4n) is 3.69. The number of alkyl halides is 3. The molecule has 1 aliphatic heterocycles. The lowest BCUT2D eigenvalue weighted by atomic mass is 9.97. The van der Waals surface area contributed by atoms with Crippen molar-refractivity contribution in [2.24, 2.45) is 11.8 Å². The lowest BCUT2D eigenvalue weighted by Gasteiger charge is -2.31. The van der Waals surface area contributed by atoms with Gasteiger partial charge in [-0.2, -0.15) is 23.4 Å². The number of aliphatic carboxylic acids is 1. The van der Waals surface area contributed by atoms with E-state index in [1.54, 1.807) is 17.1 Å². The number of carboxylic acids is 1. The van der Waals surface area contributed by atoms with Gasteiger partial charge in [0.05, 0.1) is 6.20 Å². The second-order valence-corrected chi connectivity index (χ2v) is 9.73. The van der Waals surface area contributed by atoms with Crippen LogP contribution in [0.5, 0.6) is 0 Å². The molecule has 14 heteroatoms. The number of nitrogens with one attached hydrogen (secondary N) is 1. The number of aliphatic hydroxyl groups excluding tert-OH is 1. The zero-order valence-corrected chi connectivity index (χ0v) is 22.2. The molecule has 0 radical (unpaired) electrons. The van der Waals surface area contributed by atoms with Crippen LogP contribution in [0.2, 0.25) is 5.02 Å². The molecule has 0 atom stereocenters. The highest BCUT2D eigenvalue weighted by atomic mass is 35.5. The molecule has 2 heterocycles. The van der Waals surface area contributed by atoms with Gasteiger partial charge >= 0.3 is 12.1 Å². The first-order chi connectivity index (χ1) is 18.3. The highest BCUT2D eigenvalue weighted by Gasteiger charge is 2.38. The maximum atomic E-state index is 12.9. The summed E-state index contributed by atoms with van der Waals surface area (Å²) < 4.78 is 31.7. The first-order valence-corrected chi connectivity index (χ1v) is 12.4. The van der Waals surface area contributed by atoms with Crippen molar-refractivity contribution in [3.05, 3.63) is 52.4 Å². The fraction of sp³-hybridized carbons (Fsp3) is 0.480. The summed E-state index contributed by atoms with van der Waals surface area (Å²) in [6, 6.07) is 9.44. The number of aliphatic hydroxyl groups is 1. The third kappa shape index (κ3) is 10.3. The van der Waals surface area contributed by atoms with E-state index in [0.717, 1.165) is 38.0 Å². The van der Waals surface area contributed by atoms with E-state index < -0.39 is 12.1 Å². The molecule has 10 nitrogen and oxygen atoms in total. The first-order valence-electron chi connectivity index (χ1n) is 12.1. The number of carbonyl (C=O) groups is 2. The van der Waals surface area contributed by atoms with Crippen molar-refractivity contribution >= 4 is 29.3 Å². The highest BCUT2D eigenvalue weighted by Crippen LogP contribution is 2.23. The molecule has 1 aliphatic rings. The molecule has 212 valence electrons. The Morgan fingerprint density at radius 3 is 2.33 bits per heavy atom. The van der Waals surface area contributed by atoms with Crippen molar-refractivity contribution in [1.82, 2.24) is 20.3 Å². The predicted octanol–water partition coefficient (Wildman–Crippen LogP) is 3.65. The van der Waals surface area contributed by atoms with Crippen LogP contribution in [0.25, 0.3) is 0 Å². The third-order valence-corrected chi connectivity index (χ3v) is 5.96. The number of anilines is 1. The molecule has 2 aromatic rings. The molecule has 1 aromatic heterocycles. The number of benzene rings is 1. The van der Waals surface area contributed by atoms with Crippen molar-refractivity contribution in [2.75, 3.05) is 31.3 Å². The van der Waals surface area contributed by atoms with E-state index in [1.807, 2.05) is 32.0 Å². The Balaban J connectivity index is 0.000000673. The normalized spacial score (nSPS) is 14.2. The summed E-state index contributed by atoms with van der Waals surface area (Å²) in [5.41, 5.74) is 4.52. The fourth-order valence-corrected chi connectivity index (χ4v) is 3.88. The molecule has 1 fully saturated rings. The summed E-state index contributed by atoms with van der Waals surface area (Å²) in [4.78, 5) is 32.2. The third-order valence-electron chi connectivity index (χ3n) is 5.70. The number of likely N-dealkylation sites (tertiary alicyclic amines) is 1. The monoisotopic (exact) mass is 570 g/mol. The number of nitrogens with zero attached hydrogens (tertiary/aromatic N) is 5. The van der Waals surface area contributed by atoms with Crippen molar-refractivity contribution in [1.29, 1.82) is 5.26 Å². The smallest absolute Gasteiger partial charge is 0.475 e. The zero-order valence-electron chi connectivity index (χ0n) is 21.5. The van der Waals surface area contributed by atoms with Gasteiger partial charge in [-0.1, -0.05) is 37.6 Å². The van der Waals surface area contributed by atoms with Crippen molar-refractivity contribution in [2.45, 2.75) is 39.4 Å². The Morgan fingerprint density at radius 2 is 1.85 bits per heavy atom. The van der Waals surface area contributed by atoms with Gasteiger partial charge in [0.25, 0.3) is 5.91 Å². The van der Waals surface area contributed by atoms with Gasteiger partial charge in [0.2, 0.25) is 5.82 Å². The summed E-state index contributed by atoms with van der Waals surface area (Å²) in [5, 5.41) is 27.3. The summed E-state index contributed by atoms with van der Waals surface area (Å²) in [7, 11) is 0. The van der Waals surface area contributed by atoms with Gasteiger partial charge in [-0.3, -0.25) is 20.1 Å². The average molecular weight is 571 g/mol. The molecule has 0 unspecified atom stereocenters. The molecule has 3 N–H and O–H groups in total. The van der Waals surface area contributed by atoms with Gasteiger partial charge in [0, 0.05) is 25.3 Å². The van der Waals surface area contributed by atoms with E-state index in [1.165, 1.54) is 6.20 Å². The Hall–Kier alpha value is -3.47. The van der Waals surface area contributed by atoms with E-state index in [2.05, 4.69) is 20.3 Å². The van der Waals surface area contributed by atoms with Crippen LogP contribution in [0.15, 0.2) is 30.5 Å². The lowest BCUT2D eigenvalue weighted by Crippen LogP contribution is -2.45. The number of hydrogen-bond donors (Lipinski definition) is 3. The SMILES string of the molecule is CC(C)CN(NC(=O)c1ccc(CN2CCC(CO)CC2)cc1)c1nc(C#N)ncc1Cl.O=C(O)C(F)(F)F. The summed E-state index contributed by atoms with van der Waals surface area (Å²) in [6.45, 7) is 7.53. The second-order valence-electron chi connectivity index (χ2n) is 9.32. The maximum absolute atomic E-state index is 12.9. The van der Waals surface area contributed by atoms with Crippen LogP contribution in [-0.4, -0.2) is 69.4 Å². The minimum atomic E-state index is -5.08. The van der Waals surface area contributed by atoms with E-state index in [4.69, 9.17) is 26.8 Å². The quantitative estimate of drug-likeness (QED) is 0.405. The number of nitriles is 1. The van der Waals surface area contributed by atoms with E-state index in [0.29, 0.717) is 23.8 Å². The van der Waals surface area contributed by atoms with Gasteiger partial charge < -0.3 is 10.2 Å². The zero-order chi connectivity index (χ0) is 29.2. The Morgan fingerprint density at radius 1 is 1.26 bits per heavy atom. The Bertz CT molecular complexity index is 1150. The highest BCUT2D eigenvalue weighted by molar-refractivity contribution is 6.32. The van der Waals surface area contributed by atoms with Gasteiger partial charge in [-0.05, 0) is 55.5 Å². The largest absolute Gasteiger partial charge is 0.490 e. The molecular formula is C25H30ClF3N6O4. The number of halogens is 4. The summed E-state index contributed by atoms with van der Waals surface area (Å²) >= 11 is 6.25. The predicted molar refractivity (Wildman–Crippen MR) is 137 cm³/mol. The topological polar surface area (TPSA) is 143 Å². The van der Waals surface area contributed by atoms with Crippen molar-refractivity contribution in [3.63, 3.8) is 0 Å². The number of piperidine rings is 1. The van der Waals surface area contributed by atoms with E-state index in [9.17, 15) is 23.1 Å². The van der Waals surface area contributed by atoms with Gasteiger partial charge in [-0.25, -0.2) is 9.78 Å². The summed E-state index contributed by atoms with van der Waals surface area (Å²) in [5.74, 6) is -2.13. The molecule has 3 rings (SSSR count). The molecule has 0 aliphatic carbocycles. The number of carboxylic acid groups (broad SMARTS) is 1. The van der Waals surface area contributed by atoms with Crippen LogP contribution in [0.1, 0.15) is 48.4 Å². The molecule has 0 saturated carbocycles. The van der Waals surface area contributed by atoms with Gasteiger partial charge in [0.15, 0.2) is 5.82 Å². The molecule has 0 bridgehead atoms. The maximum Gasteiger partial charge on any atom is 0.490 e. The Kier molecular flexibility index (Phi) is 11.9. The molecule has 1 aromatic carbocycles. The van der Waals surface area contributed by atoms with Crippen molar-refractivity contribution in [3.8, 4) is 6.07 Å². The van der Waals surface area contributed by atoms with Crippen LogP contribution >= 0.6 is 11.6 Å². The van der Waals surface area contributed by atoms with Crippen LogP contribution in [0, 0.1) is 23.2 Å². The van der Waals surface area contributed by atoms with Gasteiger partial charge in [-0.15, -0.1) is 0 Å². The number of aromatic nitrogens is 2. The minimum Gasteiger partial charge on any atom is -0.475 e. The Labute approximate surface area is 229 Å². The second kappa shape index (κ2) is 14.6. The van der Waals surface area contributed by atoms with E-state index in [-0.39, 0.29) is 29.3 Å². The van der Waals surface area contributed by atoms with Crippen molar-refractivity contribution < 1.29 is 33.0 Å². The number of hydrazine groups is 1. The van der Waals surface area contributed by atoms with Crippen LogP contribution < -0.4 is 10.4 Å². The number of amides is 1. The molecule has 1 saturated heterocycles. The van der Waals surface area contributed by atoms with Crippen LogP contribution in [-0.2, 0) is 11.3 Å². The molecular weight excluding hydrogens is 541 g/mol. The van der Waals surface area contributed by atoms with Crippen LogP contribution in [0.4, 0.5) is 19.0 Å². The first kappa shape index (κ1) is 31.7. The number of hydrogen-bond acceptors (Lipinski definition) is 8. The number of rotatable bonds is 8.